The first-order valence-electron chi connectivity index (χ1n) is 5.41. The molecule has 2 atom stereocenters. The van der Waals surface area contributed by atoms with E-state index in [0.717, 1.165) is 24.5 Å². The summed E-state index contributed by atoms with van der Waals surface area (Å²) in [5, 5.41) is 14.0. The molecule has 2 aliphatic heterocycles. The maximum atomic E-state index is 10.6. The van der Waals surface area contributed by atoms with Crippen LogP contribution in [0.1, 0.15) is 23.6 Å². The van der Waals surface area contributed by atoms with Crippen molar-refractivity contribution in [1.82, 2.24) is 5.32 Å². The highest BCUT2D eigenvalue weighted by Gasteiger charge is 2.43. The molecule has 3 heteroatoms. The molecule has 3 rings (SSSR count). The van der Waals surface area contributed by atoms with Gasteiger partial charge in [-0.1, -0.05) is 24.3 Å². The molecule has 0 radical (unpaired) electrons. The summed E-state index contributed by atoms with van der Waals surface area (Å²) in [7, 11) is 0. The molecule has 1 saturated heterocycles. The minimum absolute atomic E-state index is 0.142. The van der Waals surface area contributed by atoms with Crippen LogP contribution in [0.5, 0.6) is 0 Å². The number of aliphatic hydroxyl groups is 1. The van der Waals surface area contributed by atoms with Gasteiger partial charge in [0.25, 0.3) is 0 Å². The van der Waals surface area contributed by atoms with E-state index in [4.69, 9.17) is 0 Å². The fourth-order valence-corrected chi connectivity index (χ4v) is 3.88. The summed E-state index contributed by atoms with van der Waals surface area (Å²) >= 11 is 1.85. The van der Waals surface area contributed by atoms with E-state index in [1.165, 1.54) is 11.1 Å². The molecular weight excluding hydrogens is 206 g/mol. The van der Waals surface area contributed by atoms with Gasteiger partial charge in [-0.05, 0) is 23.3 Å². The number of hydrogen-bond donors (Lipinski definition) is 2. The van der Waals surface area contributed by atoms with Gasteiger partial charge in [0, 0.05) is 12.3 Å². The fraction of sp³-hybridized carbons (Fsp3) is 0.500. The molecule has 1 fully saturated rings. The third kappa shape index (κ3) is 1.50. The Balaban J connectivity index is 1.96. The molecule has 0 bridgehead atoms. The summed E-state index contributed by atoms with van der Waals surface area (Å²) in [6.07, 6.45) is 0.906. The van der Waals surface area contributed by atoms with Gasteiger partial charge in [-0.2, -0.15) is 11.8 Å². The Kier molecular flexibility index (Phi) is 2.27. The zero-order valence-electron chi connectivity index (χ0n) is 8.57. The van der Waals surface area contributed by atoms with Crippen LogP contribution >= 0.6 is 11.8 Å². The van der Waals surface area contributed by atoms with Crippen LogP contribution in [-0.4, -0.2) is 22.2 Å². The van der Waals surface area contributed by atoms with Gasteiger partial charge in [0.1, 0.15) is 0 Å². The van der Waals surface area contributed by atoms with Gasteiger partial charge in [-0.15, -0.1) is 0 Å². The van der Waals surface area contributed by atoms with Gasteiger partial charge in [-0.3, -0.25) is 0 Å². The molecule has 1 aromatic rings. The van der Waals surface area contributed by atoms with E-state index >= 15 is 0 Å². The Morgan fingerprint density at radius 3 is 3.07 bits per heavy atom. The van der Waals surface area contributed by atoms with Gasteiger partial charge in [0.05, 0.1) is 11.6 Å². The second-order valence-electron chi connectivity index (χ2n) is 4.42. The lowest BCUT2D eigenvalue weighted by Crippen LogP contribution is -2.41. The minimum atomic E-state index is -0.530. The zero-order valence-corrected chi connectivity index (χ0v) is 9.39. The van der Waals surface area contributed by atoms with Crippen molar-refractivity contribution in [1.29, 1.82) is 0 Å². The summed E-state index contributed by atoms with van der Waals surface area (Å²) in [5.41, 5.74) is 2.10. The van der Waals surface area contributed by atoms with Crippen molar-refractivity contribution in [2.24, 2.45) is 0 Å². The van der Waals surface area contributed by atoms with Crippen LogP contribution in [0.4, 0.5) is 0 Å². The summed E-state index contributed by atoms with van der Waals surface area (Å²) in [6.45, 7) is 0.897. The fourth-order valence-electron chi connectivity index (χ4n) is 2.58. The average molecular weight is 221 g/mol. The van der Waals surface area contributed by atoms with Crippen LogP contribution in [0, 0.1) is 0 Å². The topological polar surface area (TPSA) is 32.3 Å². The molecule has 0 saturated carbocycles. The molecular formula is C12H15NOS. The summed E-state index contributed by atoms with van der Waals surface area (Å²) in [6, 6.07) is 8.55. The van der Waals surface area contributed by atoms with Gasteiger partial charge >= 0.3 is 0 Å². The Bertz CT molecular complexity index is 374. The average Bonchev–Trinajstić information content (AvgIpc) is 2.84. The van der Waals surface area contributed by atoms with E-state index in [1.807, 2.05) is 11.8 Å². The molecule has 2 aliphatic rings. The molecule has 80 valence electrons. The van der Waals surface area contributed by atoms with Crippen molar-refractivity contribution in [2.45, 2.75) is 24.6 Å². The molecule has 2 N–H and O–H groups in total. The van der Waals surface area contributed by atoms with E-state index in [9.17, 15) is 5.11 Å². The lowest BCUT2D eigenvalue weighted by molar-refractivity contribution is 0.0297. The van der Waals surface area contributed by atoms with Gasteiger partial charge in [-0.25, -0.2) is 0 Å². The van der Waals surface area contributed by atoms with E-state index in [1.54, 1.807) is 0 Å². The van der Waals surface area contributed by atoms with Crippen molar-refractivity contribution in [2.75, 3.05) is 11.5 Å². The van der Waals surface area contributed by atoms with Crippen LogP contribution in [0.2, 0.25) is 0 Å². The van der Waals surface area contributed by atoms with Crippen LogP contribution < -0.4 is 5.32 Å². The molecule has 0 aliphatic carbocycles. The van der Waals surface area contributed by atoms with Crippen molar-refractivity contribution in [3.63, 3.8) is 0 Å². The second-order valence-corrected chi connectivity index (χ2v) is 5.52. The maximum absolute atomic E-state index is 10.6. The van der Waals surface area contributed by atoms with Crippen molar-refractivity contribution in [3.8, 4) is 0 Å². The monoisotopic (exact) mass is 221 g/mol. The van der Waals surface area contributed by atoms with Gasteiger partial charge in [0.2, 0.25) is 0 Å². The number of rotatable bonds is 1. The van der Waals surface area contributed by atoms with E-state index in [-0.39, 0.29) is 6.04 Å². The van der Waals surface area contributed by atoms with Gasteiger partial charge in [0.15, 0.2) is 0 Å². The number of thioether (sulfide) groups is 1. The highest BCUT2D eigenvalue weighted by atomic mass is 32.2. The second kappa shape index (κ2) is 3.51. The molecule has 0 spiro atoms. The van der Waals surface area contributed by atoms with E-state index in [2.05, 4.69) is 29.6 Å². The van der Waals surface area contributed by atoms with Crippen LogP contribution in [-0.2, 0) is 6.54 Å². The highest BCUT2D eigenvalue weighted by molar-refractivity contribution is 7.99. The molecule has 2 heterocycles. The minimum Gasteiger partial charge on any atom is -0.387 e. The lowest BCUT2D eigenvalue weighted by Gasteiger charge is -2.29. The Hall–Kier alpha value is -0.510. The first-order valence-corrected chi connectivity index (χ1v) is 6.56. The van der Waals surface area contributed by atoms with Crippen LogP contribution in [0.3, 0.4) is 0 Å². The molecule has 2 nitrogen and oxygen atoms in total. The number of nitrogens with one attached hydrogen (secondary N) is 1. The van der Waals surface area contributed by atoms with Crippen molar-refractivity contribution >= 4 is 11.8 Å². The molecule has 15 heavy (non-hydrogen) atoms. The van der Waals surface area contributed by atoms with Crippen LogP contribution in [0.25, 0.3) is 0 Å². The zero-order chi connectivity index (χ0) is 10.3. The Morgan fingerprint density at radius 2 is 2.27 bits per heavy atom. The first-order chi connectivity index (χ1) is 7.30. The Labute approximate surface area is 94.1 Å². The summed E-state index contributed by atoms with van der Waals surface area (Å²) in [5.74, 6) is 1.94. The Morgan fingerprint density at radius 1 is 1.40 bits per heavy atom. The standard InChI is InChI=1S/C12H15NOS/c14-12(5-6-15-8-12)11-10-4-2-1-3-9(10)7-13-11/h1-4,11,13-14H,5-8H2. The van der Waals surface area contributed by atoms with E-state index in [0.29, 0.717) is 0 Å². The third-order valence-electron chi connectivity index (χ3n) is 3.43. The molecule has 2 unspecified atom stereocenters. The number of hydrogen-bond acceptors (Lipinski definition) is 3. The summed E-state index contributed by atoms with van der Waals surface area (Å²) < 4.78 is 0. The normalized spacial score (nSPS) is 34.3. The number of benzene rings is 1. The third-order valence-corrected chi connectivity index (χ3v) is 4.63. The predicted octanol–water partition coefficient (Wildman–Crippen LogP) is 1.70. The van der Waals surface area contributed by atoms with Crippen molar-refractivity contribution < 1.29 is 5.11 Å². The van der Waals surface area contributed by atoms with Gasteiger partial charge < -0.3 is 10.4 Å². The molecule has 1 aromatic carbocycles. The number of fused-ring (bicyclic) bond motifs is 1. The predicted molar refractivity (Wildman–Crippen MR) is 62.9 cm³/mol. The molecule has 0 amide bonds. The lowest BCUT2D eigenvalue weighted by atomic mass is 9.88. The molecule has 0 aromatic heterocycles. The van der Waals surface area contributed by atoms with E-state index < -0.39 is 5.60 Å². The first kappa shape index (κ1) is 9.70. The summed E-state index contributed by atoms with van der Waals surface area (Å²) in [4.78, 5) is 0. The largest absolute Gasteiger partial charge is 0.387 e. The quantitative estimate of drug-likeness (QED) is 0.757. The van der Waals surface area contributed by atoms with Crippen molar-refractivity contribution in [3.05, 3.63) is 35.4 Å². The maximum Gasteiger partial charge on any atom is 0.0939 e. The van der Waals surface area contributed by atoms with Crippen LogP contribution in [0.15, 0.2) is 24.3 Å². The highest BCUT2D eigenvalue weighted by Crippen LogP contribution is 2.41. The SMILES string of the molecule is OC1(C2NCc3ccccc32)CCSC1. The smallest absolute Gasteiger partial charge is 0.0939 e.